The van der Waals surface area contributed by atoms with Gasteiger partial charge in [0.1, 0.15) is 12.3 Å². The lowest BCUT2D eigenvalue weighted by Gasteiger charge is -2.21. The first kappa shape index (κ1) is 22.3. The quantitative estimate of drug-likeness (QED) is 0.733. The van der Waals surface area contributed by atoms with Crippen molar-refractivity contribution >= 4 is 17.5 Å². The molecule has 2 amide bonds. The van der Waals surface area contributed by atoms with Crippen LogP contribution in [0, 0.1) is 6.92 Å². The predicted molar refractivity (Wildman–Crippen MR) is 104 cm³/mol. The minimum atomic E-state index is -4.59. The number of nitrogens with zero attached hydrogens (tertiary/aromatic N) is 1. The topological polar surface area (TPSA) is 58.6 Å². The summed E-state index contributed by atoms with van der Waals surface area (Å²) in [6.45, 7) is 5.70. The fourth-order valence-corrected chi connectivity index (χ4v) is 2.81. The Kier molecular flexibility index (Phi) is 7.25. The lowest BCUT2D eigenvalue weighted by Crippen LogP contribution is -2.38. The van der Waals surface area contributed by atoms with Crippen LogP contribution in [0.1, 0.15) is 35.3 Å². The van der Waals surface area contributed by atoms with Gasteiger partial charge >= 0.3 is 6.18 Å². The van der Waals surface area contributed by atoms with Gasteiger partial charge in [-0.3, -0.25) is 9.59 Å². The van der Waals surface area contributed by atoms with Crippen molar-refractivity contribution in [1.82, 2.24) is 4.90 Å². The first-order chi connectivity index (χ1) is 13.7. The van der Waals surface area contributed by atoms with Crippen LogP contribution in [0.4, 0.5) is 18.9 Å². The summed E-state index contributed by atoms with van der Waals surface area (Å²) in [7, 11) is 0. The highest BCUT2D eigenvalue weighted by Crippen LogP contribution is 2.34. The number of ether oxygens (including phenoxy) is 1. The van der Waals surface area contributed by atoms with Gasteiger partial charge in [-0.15, -0.1) is 0 Å². The van der Waals surface area contributed by atoms with Crippen molar-refractivity contribution in [2.75, 3.05) is 25.0 Å². The molecule has 8 heteroatoms. The molecule has 0 atom stereocenters. The van der Waals surface area contributed by atoms with Gasteiger partial charge in [0.15, 0.2) is 0 Å². The van der Waals surface area contributed by atoms with Gasteiger partial charge in [0, 0.05) is 12.1 Å². The van der Waals surface area contributed by atoms with Gasteiger partial charge in [-0.05, 0) is 56.7 Å². The fourth-order valence-electron chi connectivity index (χ4n) is 2.81. The maximum atomic E-state index is 13.1. The third-order valence-electron chi connectivity index (χ3n) is 4.23. The number of hydrogen-bond donors (Lipinski definition) is 1. The van der Waals surface area contributed by atoms with Gasteiger partial charge in [-0.25, -0.2) is 0 Å². The molecule has 0 heterocycles. The van der Waals surface area contributed by atoms with Gasteiger partial charge in [0.05, 0.1) is 17.9 Å². The Morgan fingerprint density at radius 3 is 2.38 bits per heavy atom. The molecule has 0 aliphatic carbocycles. The normalized spacial score (nSPS) is 11.1. The van der Waals surface area contributed by atoms with Gasteiger partial charge < -0.3 is 15.0 Å². The largest absolute Gasteiger partial charge is 0.494 e. The van der Waals surface area contributed by atoms with Crippen LogP contribution in [0.3, 0.4) is 0 Å². The van der Waals surface area contributed by atoms with E-state index in [1.165, 1.54) is 23.1 Å². The number of hydrogen-bond acceptors (Lipinski definition) is 3. The molecule has 0 aliphatic heterocycles. The van der Waals surface area contributed by atoms with E-state index in [9.17, 15) is 22.8 Å². The number of carbonyl (C=O) groups excluding carboxylic acids is 2. The number of rotatable bonds is 7. The van der Waals surface area contributed by atoms with E-state index in [0.29, 0.717) is 17.9 Å². The number of amides is 2. The van der Waals surface area contributed by atoms with E-state index >= 15 is 0 Å². The second kappa shape index (κ2) is 9.45. The lowest BCUT2D eigenvalue weighted by molar-refractivity contribution is -0.137. The van der Waals surface area contributed by atoms with Crippen LogP contribution in [0.25, 0.3) is 0 Å². The molecule has 0 radical (unpaired) electrons. The SMILES string of the molecule is CCOc1ccc(C(=O)N(CC)CC(=O)Nc2ccccc2C(F)(F)F)cc1C. The van der Waals surface area contributed by atoms with Crippen molar-refractivity contribution < 1.29 is 27.5 Å². The molecule has 0 saturated carbocycles. The summed E-state index contributed by atoms with van der Waals surface area (Å²) in [6, 6.07) is 9.65. The predicted octanol–water partition coefficient (Wildman–Crippen LogP) is 4.51. The Morgan fingerprint density at radius 1 is 1.10 bits per heavy atom. The van der Waals surface area contributed by atoms with Crippen molar-refractivity contribution in [1.29, 1.82) is 0 Å². The Hall–Kier alpha value is -3.03. The highest BCUT2D eigenvalue weighted by Gasteiger charge is 2.33. The van der Waals surface area contributed by atoms with Crippen molar-refractivity contribution in [3.63, 3.8) is 0 Å². The number of halogens is 3. The Balaban J connectivity index is 2.13. The van der Waals surface area contributed by atoms with Crippen LogP contribution in [-0.2, 0) is 11.0 Å². The number of anilines is 1. The van der Waals surface area contributed by atoms with Gasteiger partial charge in [-0.2, -0.15) is 13.2 Å². The summed E-state index contributed by atoms with van der Waals surface area (Å²) in [4.78, 5) is 26.3. The van der Waals surface area contributed by atoms with Gasteiger partial charge in [-0.1, -0.05) is 12.1 Å². The summed E-state index contributed by atoms with van der Waals surface area (Å²) < 4.78 is 44.7. The van der Waals surface area contributed by atoms with Crippen molar-refractivity contribution in [2.24, 2.45) is 0 Å². The molecule has 0 fully saturated rings. The van der Waals surface area contributed by atoms with E-state index in [0.717, 1.165) is 11.6 Å². The molecule has 0 unspecified atom stereocenters. The molecule has 0 aliphatic rings. The zero-order valence-electron chi connectivity index (χ0n) is 16.5. The van der Waals surface area contributed by atoms with E-state index in [4.69, 9.17) is 4.74 Å². The number of para-hydroxylation sites is 1. The summed E-state index contributed by atoms with van der Waals surface area (Å²) >= 11 is 0. The number of nitrogens with one attached hydrogen (secondary N) is 1. The molecule has 156 valence electrons. The van der Waals surface area contributed by atoms with Crippen LogP contribution in [0.5, 0.6) is 5.75 Å². The van der Waals surface area contributed by atoms with Crippen LogP contribution < -0.4 is 10.1 Å². The molecule has 0 spiro atoms. The lowest BCUT2D eigenvalue weighted by atomic mass is 10.1. The van der Waals surface area contributed by atoms with E-state index in [-0.39, 0.29) is 18.8 Å². The number of likely N-dealkylation sites (N-methyl/N-ethyl adjacent to an activating group) is 1. The first-order valence-corrected chi connectivity index (χ1v) is 9.16. The molecule has 0 saturated heterocycles. The maximum Gasteiger partial charge on any atom is 0.418 e. The average Bonchev–Trinajstić information content (AvgIpc) is 2.67. The number of benzene rings is 2. The van der Waals surface area contributed by atoms with E-state index in [1.807, 2.05) is 6.92 Å². The highest BCUT2D eigenvalue weighted by atomic mass is 19.4. The minimum Gasteiger partial charge on any atom is -0.494 e. The molecule has 2 rings (SSSR count). The molecule has 0 bridgehead atoms. The van der Waals surface area contributed by atoms with E-state index < -0.39 is 23.6 Å². The molecule has 1 N–H and O–H groups in total. The third-order valence-corrected chi connectivity index (χ3v) is 4.23. The average molecular weight is 408 g/mol. The zero-order chi connectivity index (χ0) is 21.6. The molecular weight excluding hydrogens is 385 g/mol. The van der Waals surface area contributed by atoms with Crippen LogP contribution >= 0.6 is 0 Å². The van der Waals surface area contributed by atoms with Crippen molar-refractivity contribution in [2.45, 2.75) is 26.9 Å². The Labute approximate surface area is 167 Å². The molecule has 5 nitrogen and oxygen atoms in total. The van der Waals surface area contributed by atoms with Gasteiger partial charge in [0.2, 0.25) is 5.91 Å². The standard InChI is InChI=1S/C21H23F3N2O3/c1-4-26(20(28)15-10-11-18(29-5-2)14(3)12-15)13-19(27)25-17-9-7-6-8-16(17)21(22,23)24/h6-12H,4-5,13H2,1-3H3,(H,25,27). The maximum absolute atomic E-state index is 13.1. The summed E-state index contributed by atoms with van der Waals surface area (Å²) in [6.07, 6.45) is -4.59. The third kappa shape index (κ3) is 5.73. The molecule has 0 aromatic heterocycles. The van der Waals surface area contributed by atoms with Crippen LogP contribution in [-0.4, -0.2) is 36.4 Å². The molecular formula is C21H23F3N2O3. The second-order valence-corrected chi connectivity index (χ2v) is 6.32. The molecule has 29 heavy (non-hydrogen) atoms. The first-order valence-electron chi connectivity index (χ1n) is 9.16. The Bertz CT molecular complexity index is 882. The van der Waals surface area contributed by atoms with Crippen LogP contribution in [0.15, 0.2) is 42.5 Å². The summed E-state index contributed by atoms with van der Waals surface area (Å²) in [5.74, 6) is -0.439. The van der Waals surface area contributed by atoms with Gasteiger partial charge in [0.25, 0.3) is 5.91 Å². The molecule has 2 aromatic carbocycles. The zero-order valence-corrected chi connectivity index (χ0v) is 16.5. The molecule has 2 aromatic rings. The van der Waals surface area contributed by atoms with Crippen LogP contribution in [0.2, 0.25) is 0 Å². The fraction of sp³-hybridized carbons (Fsp3) is 0.333. The van der Waals surface area contributed by atoms with E-state index in [2.05, 4.69) is 5.32 Å². The summed E-state index contributed by atoms with van der Waals surface area (Å²) in [5.41, 5.74) is -0.135. The second-order valence-electron chi connectivity index (χ2n) is 6.32. The van der Waals surface area contributed by atoms with Crippen molar-refractivity contribution in [3.05, 3.63) is 59.2 Å². The van der Waals surface area contributed by atoms with E-state index in [1.54, 1.807) is 32.0 Å². The minimum absolute atomic E-state index is 0.222. The smallest absolute Gasteiger partial charge is 0.418 e. The number of alkyl halides is 3. The summed E-state index contributed by atoms with van der Waals surface area (Å²) in [5, 5.41) is 2.25. The number of carbonyl (C=O) groups is 2. The highest BCUT2D eigenvalue weighted by molar-refractivity contribution is 5.99. The van der Waals surface area contributed by atoms with Crippen molar-refractivity contribution in [3.8, 4) is 5.75 Å². The Morgan fingerprint density at radius 2 is 1.79 bits per heavy atom. The number of aryl methyl sites for hydroxylation is 1. The monoisotopic (exact) mass is 408 g/mol.